The summed E-state index contributed by atoms with van der Waals surface area (Å²) in [6, 6.07) is 9.08. The highest BCUT2D eigenvalue weighted by Crippen LogP contribution is 2.23. The summed E-state index contributed by atoms with van der Waals surface area (Å²) < 4.78 is 19.3. The first-order chi connectivity index (χ1) is 10.6. The minimum Gasteiger partial charge on any atom is -0.619 e. The number of amides is 1. The van der Waals surface area contributed by atoms with E-state index >= 15 is 0 Å². The van der Waals surface area contributed by atoms with Crippen molar-refractivity contribution in [2.24, 2.45) is 0 Å². The molecule has 0 spiro atoms. The number of hydrogen-bond acceptors (Lipinski definition) is 3. The molecule has 0 aliphatic carbocycles. The lowest BCUT2D eigenvalue weighted by molar-refractivity contribution is -0.605. The number of hydrogen-bond donors (Lipinski definition) is 0. The number of ether oxygens (including phenoxy) is 1. The molecule has 1 aliphatic heterocycles. The van der Waals surface area contributed by atoms with Gasteiger partial charge in [-0.15, -0.1) is 0 Å². The maximum absolute atomic E-state index is 13.0. The van der Waals surface area contributed by atoms with Gasteiger partial charge in [-0.25, -0.2) is 4.39 Å². The zero-order valence-electron chi connectivity index (χ0n) is 11.8. The third-order valence-corrected chi connectivity index (χ3v) is 3.64. The molecule has 1 unspecified atom stereocenters. The van der Waals surface area contributed by atoms with Gasteiger partial charge in [0.05, 0.1) is 18.7 Å². The van der Waals surface area contributed by atoms with Crippen LogP contribution in [0.15, 0.2) is 48.8 Å². The number of rotatable bonds is 2. The molecule has 114 valence electrons. The number of morpholine rings is 1. The maximum atomic E-state index is 13.0. The van der Waals surface area contributed by atoms with Gasteiger partial charge in [0.1, 0.15) is 11.9 Å². The Labute approximate surface area is 127 Å². The summed E-state index contributed by atoms with van der Waals surface area (Å²) in [6.07, 6.45) is 2.32. The van der Waals surface area contributed by atoms with Crippen molar-refractivity contribution in [2.75, 3.05) is 19.7 Å². The Morgan fingerprint density at radius 2 is 1.91 bits per heavy atom. The van der Waals surface area contributed by atoms with Crippen molar-refractivity contribution >= 4 is 5.91 Å². The highest BCUT2D eigenvalue weighted by Gasteiger charge is 2.26. The van der Waals surface area contributed by atoms with Gasteiger partial charge in [-0.05, 0) is 17.7 Å². The predicted molar refractivity (Wildman–Crippen MR) is 76.4 cm³/mol. The number of benzene rings is 1. The van der Waals surface area contributed by atoms with E-state index in [1.54, 1.807) is 17.0 Å². The van der Waals surface area contributed by atoms with Crippen molar-refractivity contribution in [3.63, 3.8) is 0 Å². The quantitative estimate of drug-likeness (QED) is 0.626. The van der Waals surface area contributed by atoms with Crippen LogP contribution < -0.4 is 4.73 Å². The predicted octanol–water partition coefficient (Wildman–Crippen LogP) is 1.67. The Bertz CT molecular complexity index is 658. The van der Waals surface area contributed by atoms with E-state index in [1.165, 1.54) is 36.7 Å². The van der Waals surface area contributed by atoms with Crippen LogP contribution >= 0.6 is 0 Å². The highest BCUT2D eigenvalue weighted by atomic mass is 19.1. The topological polar surface area (TPSA) is 56.5 Å². The molecule has 2 aromatic rings. The number of nitrogens with zero attached hydrogens (tertiary/aromatic N) is 2. The van der Waals surface area contributed by atoms with E-state index in [0.717, 1.165) is 5.56 Å². The zero-order chi connectivity index (χ0) is 15.5. The highest BCUT2D eigenvalue weighted by molar-refractivity contribution is 5.94. The normalized spacial score (nSPS) is 18.2. The average Bonchev–Trinajstić information content (AvgIpc) is 2.56. The van der Waals surface area contributed by atoms with Crippen LogP contribution in [0.1, 0.15) is 22.0 Å². The van der Waals surface area contributed by atoms with Crippen LogP contribution in [0.3, 0.4) is 0 Å². The molecule has 1 aromatic heterocycles. The summed E-state index contributed by atoms with van der Waals surface area (Å²) in [6.45, 7) is 1.31. The third-order valence-electron chi connectivity index (χ3n) is 3.64. The minimum absolute atomic E-state index is 0.143. The molecule has 1 aromatic carbocycles. The molecule has 5 nitrogen and oxygen atoms in total. The van der Waals surface area contributed by atoms with E-state index in [0.29, 0.717) is 30.0 Å². The van der Waals surface area contributed by atoms with E-state index in [9.17, 15) is 14.4 Å². The number of aromatic nitrogens is 1. The Morgan fingerprint density at radius 1 is 1.23 bits per heavy atom. The molecule has 0 bridgehead atoms. The molecule has 0 N–H and O–H groups in total. The monoisotopic (exact) mass is 302 g/mol. The summed E-state index contributed by atoms with van der Waals surface area (Å²) in [7, 11) is 0. The lowest BCUT2D eigenvalue weighted by atomic mass is 10.1. The van der Waals surface area contributed by atoms with Gasteiger partial charge in [0, 0.05) is 18.7 Å². The summed E-state index contributed by atoms with van der Waals surface area (Å²) in [5.41, 5.74) is 1.30. The standard InChI is InChI=1S/C16H15FN2O3/c17-14-3-1-12(2-4-14)15-11-18(9-10-22-15)16(20)13-5-7-19(21)8-6-13/h1-8,15H,9-11H2. The van der Waals surface area contributed by atoms with Crippen LogP contribution in [0.5, 0.6) is 0 Å². The van der Waals surface area contributed by atoms with Crippen molar-refractivity contribution in [1.29, 1.82) is 0 Å². The Hall–Kier alpha value is -2.47. The minimum atomic E-state index is -0.303. The first-order valence-corrected chi connectivity index (χ1v) is 6.98. The van der Waals surface area contributed by atoms with Crippen LogP contribution in [0, 0.1) is 11.0 Å². The number of halogens is 1. The first kappa shape index (κ1) is 14.5. The first-order valence-electron chi connectivity index (χ1n) is 6.98. The van der Waals surface area contributed by atoms with Gasteiger partial charge in [-0.1, -0.05) is 12.1 Å². The van der Waals surface area contributed by atoms with Crippen molar-refractivity contribution < 1.29 is 18.7 Å². The lowest BCUT2D eigenvalue weighted by Gasteiger charge is -2.33. The molecule has 3 rings (SSSR count). The van der Waals surface area contributed by atoms with Crippen LogP contribution in [-0.4, -0.2) is 30.5 Å². The SMILES string of the molecule is O=C(c1cc[n+]([O-])cc1)N1CCOC(c2ccc(F)cc2)C1. The molecular weight excluding hydrogens is 287 g/mol. The molecule has 2 heterocycles. The molecule has 1 amide bonds. The fraction of sp³-hybridized carbons (Fsp3) is 0.250. The molecule has 1 fully saturated rings. The molecule has 1 aliphatic rings. The van der Waals surface area contributed by atoms with E-state index in [4.69, 9.17) is 4.74 Å². The lowest BCUT2D eigenvalue weighted by Crippen LogP contribution is -2.42. The largest absolute Gasteiger partial charge is 0.619 e. The Balaban J connectivity index is 1.73. The van der Waals surface area contributed by atoms with Crippen molar-refractivity contribution in [2.45, 2.75) is 6.10 Å². The van der Waals surface area contributed by atoms with Gasteiger partial charge in [-0.3, -0.25) is 4.79 Å². The second kappa shape index (κ2) is 6.11. The van der Waals surface area contributed by atoms with Gasteiger partial charge in [-0.2, -0.15) is 4.73 Å². The molecule has 1 saturated heterocycles. The van der Waals surface area contributed by atoms with Crippen molar-refractivity contribution in [1.82, 2.24) is 4.90 Å². The summed E-state index contributed by atoms with van der Waals surface area (Å²) in [5, 5.41) is 11.0. The average molecular weight is 302 g/mol. The second-order valence-electron chi connectivity index (χ2n) is 5.11. The number of carbonyl (C=O) groups excluding carboxylic acids is 1. The number of pyridine rings is 1. The summed E-state index contributed by atoms with van der Waals surface area (Å²) >= 11 is 0. The Morgan fingerprint density at radius 3 is 2.59 bits per heavy atom. The van der Waals surface area contributed by atoms with Crippen LogP contribution in [0.25, 0.3) is 0 Å². The van der Waals surface area contributed by atoms with Crippen molar-refractivity contribution in [3.05, 3.63) is 70.9 Å². The van der Waals surface area contributed by atoms with Crippen LogP contribution in [0.2, 0.25) is 0 Å². The summed E-state index contributed by atoms with van der Waals surface area (Å²) in [4.78, 5) is 14.1. The molecular formula is C16H15FN2O3. The fourth-order valence-corrected chi connectivity index (χ4v) is 2.45. The van der Waals surface area contributed by atoms with E-state index < -0.39 is 0 Å². The van der Waals surface area contributed by atoms with Crippen LogP contribution in [-0.2, 0) is 4.74 Å². The van der Waals surface area contributed by atoms with Crippen molar-refractivity contribution in [3.8, 4) is 0 Å². The van der Waals surface area contributed by atoms with E-state index in [2.05, 4.69) is 0 Å². The second-order valence-corrected chi connectivity index (χ2v) is 5.11. The van der Waals surface area contributed by atoms with E-state index in [1.807, 2.05) is 0 Å². The molecule has 6 heteroatoms. The van der Waals surface area contributed by atoms with E-state index in [-0.39, 0.29) is 17.8 Å². The Kier molecular flexibility index (Phi) is 4.02. The van der Waals surface area contributed by atoms with Crippen LogP contribution in [0.4, 0.5) is 4.39 Å². The summed E-state index contributed by atoms with van der Waals surface area (Å²) in [5.74, 6) is -0.446. The van der Waals surface area contributed by atoms with Gasteiger partial charge < -0.3 is 14.8 Å². The maximum Gasteiger partial charge on any atom is 0.254 e. The third kappa shape index (κ3) is 3.07. The molecule has 1 atom stereocenters. The van der Waals surface area contributed by atoms with Gasteiger partial charge in [0.25, 0.3) is 5.91 Å². The molecule has 0 radical (unpaired) electrons. The molecule has 22 heavy (non-hydrogen) atoms. The van der Waals surface area contributed by atoms with Gasteiger partial charge in [0.15, 0.2) is 12.4 Å². The van der Waals surface area contributed by atoms with Gasteiger partial charge in [0.2, 0.25) is 0 Å². The zero-order valence-corrected chi connectivity index (χ0v) is 11.8. The smallest absolute Gasteiger partial charge is 0.254 e. The van der Waals surface area contributed by atoms with Gasteiger partial charge >= 0.3 is 0 Å². The molecule has 0 saturated carbocycles. The fourth-order valence-electron chi connectivity index (χ4n) is 2.45. The number of carbonyl (C=O) groups is 1.